The highest BCUT2D eigenvalue weighted by Gasteiger charge is 2.15. The number of nitrogens with zero attached hydrogens (tertiary/aromatic N) is 4. The number of amides is 1. The number of aromatic nitrogens is 4. The predicted octanol–water partition coefficient (Wildman–Crippen LogP) is 4.22. The lowest BCUT2D eigenvalue weighted by atomic mass is 10.2. The molecule has 6 nitrogen and oxygen atoms in total. The number of aryl methyl sites for hydroxylation is 1. The number of halogens is 2. The summed E-state index contributed by atoms with van der Waals surface area (Å²) < 4.78 is 1.83. The fourth-order valence-electron chi connectivity index (χ4n) is 2.27. The summed E-state index contributed by atoms with van der Waals surface area (Å²) in [6, 6.07) is 7.21. The number of nitrogens with one attached hydrogen (secondary N) is 1. The minimum atomic E-state index is -0.224. The van der Waals surface area contributed by atoms with Crippen LogP contribution in [-0.2, 0) is 11.8 Å². The fraction of sp³-hybridized carbons (Fsp3) is 0.176. The summed E-state index contributed by atoms with van der Waals surface area (Å²) in [6.07, 6.45) is 3.39. The summed E-state index contributed by atoms with van der Waals surface area (Å²) in [5.41, 5.74) is 2.17. The van der Waals surface area contributed by atoms with Crippen molar-refractivity contribution < 1.29 is 4.79 Å². The van der Waals surface area contributed by atoms with Gasteiger partial charge in [0.1, 0.15) is 0 Å². The molecule has 0 saturated heterocycles. The highest BCUT2D eigenvalue weighted by atomic mass is 35.5. The molecule has 2 aromatic heterocycles. The number of thioether (sulfide) groups is 1. The van der Waals surface area contributed by atoms with Gasteiger partial charge in [0.25, 0.3) is 0 Å². The molecule has 0 spiro atoms. The second kappa shape index (κ2) is 8.07. The third-order valence-corrected chi connectivity index (χ3v) is 5.48. The predicted molar refractivity (Wildman–Crippen MR) is 105 cm³/mol. The van der Waals surface area contributed by atoms with E-state index in [4.69, 9.17) is 23.2 Å². The fourth-order valence-corrected chi connectivity index (χ4v) is 3.45. The molecule has 134 valence electrons. The minimum absolute atomic E-state index is 0.156. The van der Waals surface area contributed by atoms with Crippen LogP contribution >= 0.6 is 35.0 Å². The number of anilines is 1. The first-order valence-corrected chi connectivity index (χ1v) is 9.38. The van der Waals surface area contributed by atoms with E-state index in [1.54, 1.807) is 24.5 Å². The molecule has 3 rings (SSSR count). The lowest BCUT2D eigenvalue weighted by Gasteiger charge is -2.11. The number of hydrogen-bond donors (Lipinski definition) is 1. The number of carbonyl (C=O) groups excluding carboxylic acids is 1. The summed E-state index contributed by atoms with van der Waals surface area (Å²) in [6.45, 7) is 1.85. The quantitative estimate of drug-likeness (QED) is 0.640. The molecule has 3 aromatic rings. The van der Waals surface area contributed by atoms with Crippen LogP contribution in [0.15, 0.2) is 41.8 Å². The maximum Gasteiger partial charge on any atom is 0.234 e. The summed E-state index contributed by atoms with van der Waals surface area (Å²) in [4.78, 5) is 16.3. The molecule has 0 aliphatic heterocycles. The molecular formula is C17H15Cl2N5OS. The van der Waals surface area contributed by atoms with Crippen molar-refractivity contribution in [3.05, 3.63) is 52.3 Å². The second-order valence-electron chi connectivity index (χ2n) is 5.49. The molecule has 1 aromatic carbocycles. The van der Waals surface area contributed by atoms with E-state index in [0.717, 1.165) is 11.1 Å². The molecule has 26 heavy (non-hydrogen) atoms. The van der Waals surface area contributed by atoms with E-state index in [9.17, 15) is 4.79 Å². The van der Waals surface area contributed by atoms with Crippen LogP contribution in [0.25, 0.3) is 11.4 Å². The Morgan fingerprint density at radius 1 is 1.19 bits per heavy atom. The van der Waals surface area contributed by atoms with Crippen LogP contribution in [0, 0.1) is 6.92 Å². The van der Waals surface area contributed by atoms with Crippen molar-refractivity contribution >= 4 is 46.6 Å². The summed E-state index contributed by atoms with van der Waals surface area (Å²) in [7, 11) is 1.85. The van der Waals surface area contributed by atoms with Crippen molar-refractivity contribution in [3.63, 3.8) is 0 Å². The second-order valence-corrected chi connectivity index (χ2v) is 7.22. The smallest absolute Gasteiger partial charge is 0.234 e. The van der Waals surface area contributed by atoms with Gasteiger partial charge in [-0.15, -0.1) is 10.2 Å². The first kappa shape index (κ1) is 18.7. The zero-order valence-corrected chi connectivity index (χ0v) is 16.4. The first-order chi connectivity index (χ1) is 12.5. The summed E-state index contributed by atoms with van der Waals surface area (Å²) in [5.74, 6) is 0.640. The van der Waals surface area contributed by atoms with Crippen LogP contribution in [0.4, 0.5) is 5.69 Å². The van der Waals surface area contributed by atoms with Gasteiger partial charge in [-0.25, -0.2) is 0 Å². The lowest BCUT2D eigenvalue weighted by Crippen LogP contribution is -2.15. The Bertz CT molecular complexity index is 946. The Balaban J connectivity index is 1.68. The Hall–Kier alpha value is -2.09. The minimum Gasteiger partial charge on any atom is -0.323 e. The third-order valence-electron chi connectivity index (χ3n) is 3.65. The molecule has 1 amide bonds. The van der Waals surface area contributed by atoms with Crippen LogP contribution in [0.1, 0.15) is 5.56 Å². The van der Waals surface area contributed by atoms with Crippen molar-refractivity contribution in [1.82, 2.24) is 19.7 Å². The Morgan fingerprint density at radius 2 is 1.92 bits per heavy atom. The van der Waals surface area contributed by atoms with Crippen molar-refractivity contribution in [2.24, 2.45) is 7.05 Å². The molecule has 0 aliphatic rings. The largest absolute Gasteiger partial charge is 0.323 e. The lowest BCUT2D eigenvalue weighted by molar-refractivity contribution is -0.113. The molecule has 0 fully saturated rings. The van der Waals surface area contributed by atoms with Gasteiger partial charge < -0.3 is 9.88 Å². The van der Waals surface area contributed by atoms with E-state index < -0.39 is 0 Å². The molecule has 0 radical (unpaired) electrons. The van der Waals surface area contributed by atoms with E-state index in [1.165, 1.54) is 11.8 Å². The van der Waals surface area contributed by atoms with E-state index in [-0.39, 0.29) is 11.7 Å². The van der Waals surface area contributed by atoms with Crippen molar-refractivity contribution in [3.8, 4) is 11.4 Å². The molecule has 0 bridgehead atoms. The molecule has 1 N–H and O–H groups in total. The molecular weight excluding hydrogens is 393 g/mol. The number of rotatable bonds is 5. The van der Waals surface area contributed by atoms with Gasteiger partial charge in [-0.2, -0.15) is 0 Å². The molecule has 0 atom stereocenters. The number of pyridine rings is 1. The SMILES string of the molecule is Cc1ccc(Cl)c(NC(=O)CSc2nnc(-c3ccncc3)n2C)c1Cl. The van der Waals surface area contributed by atoms with Gasteiger partial charge in [-0.05, 0) is 30.7 Å². The zero-order chi connectivity index (χ0) is 18.7. The number of benzene rings is 1. The van der Waals surface area contributed by atoms with Crippen LogP contribution in [0.3, 0.4) is 0 Å². The van der Waals surface area contributed by atoms with Gasteiger partial charge >= 0.3 is 0 Å². The van der Waals surface area contributed by atoms with Gasteiger partial charge in [0.2, 0.25) is 5.91 Å². The van der Waals surface area contributed by atoms with Gasteiger partial charge in [-0.3, -0.25) is 9.78 Å². The number of carbonyl (C=O) groups is 1. The molecule has 0 aliphatic carbocycles. The van der Waals surface area contributed by atoms with E-state index in [1.807, 2.05) is 30.7 Å². The van der Waals surface area contributed by atoms with Gasteiger partial charge in [0, 0.05) is 25.0 Å². The van der Waals surface area contributed by atoms with Crippen LogP contribution in [0.5, 0.6) is 0 Å². The van der Waals surface area contributed by atoms with Gasteiger partial charge in [0.15, 0.2) is 11.0 Å². The van der Waals surface area contributed by atoms with E-state index in [0.29, 0.717) is 26.7 Å². The van der Waals surface area contributed by atoms with Crippen molar-refractivity contribution in [2.75, 3.05) is 11.1 Å². The monoisotopic (exact) mass is 407 g/mol. The molecule has 2 heterocycles. The van der Waals surface area contributed by atoms with Crippen LogP contribution in [0.2, 0.25) is 10.0 Å². The maximum absolute atomic E-state index is 12.3. The molecule has 9 heteroatoms. The highest BCUT2D eigenvalue weighted by molar-refractivity contribution is 7.99. The van der Waals surface area contributed by atoms with E-state index in [2.05, 4.69) is 20.5 Å². The Morgan fingerprint density at radius 3 is 2.65 bits per heavy atom. The third kappa shape index (κ3) is 4.00. The standard InChI is InChI=1S/C17H15Cl2N5OS/c1-10-3-4-12(18)15(14(10)19)21-13(25)9-26-17-23-22-16(24(17)2)11-5-7-20-8-6-11/h3-8H,9H2,1-2H3,(H,21,25). The van der Waals surface area contributed by atoms with E-state index >= 15 is 0 Å². The molecule has 0 saturated carbocycles. The van der Waals surface area contributed by atoms with Gasteiger partial charge in [-0.1, -0.05) is 41.0 Å². The average Bonchev–Trinajstić information content (AvgIpc) is 3.01. The maximum atomic E-state index is 12.3. The topological polar surface area (TPSA) is 72.7 Å². The summed E-state index contributed by atoms with van der Waals surface area (Å²) in [5, 5.41) is 12.6. The summed E-state index contributed by atoms with van der Waals surface area (Å²) >= 11 is 13.6. The zero-order valence-electron chi connectivity index (χ0n) is 14.0. The van der Waals surface area contributed by atoms with Crippen molar-refractivity contribution in [2.45, 2.75) is 12.1 Å². The van der Waals surface area contributed by atoms with Crippen molar-refractivity contribution in [1.29, 1.82) is 0 Å². The number of hydrogen-bond acceptors (Lipinski definition) is 5. The average molecular weight is 408 g/mol. The Kier molecular flexibility index (Phi) is 5.80. The van der Waals surface area contributed by atoms with Crippen LogP contribution in [-0.4, -0.2) is 31.4 Å². The highest BCUT2D eigenvalue weighted by Crippen LogP contribution is 2.33. The first-order valence-electron chi connectivity index (χ1n) is 7.64. The van der Waals surface area contributed by atoms with Gasteiger partial charge in [0.05, 0.1) is 21.5 Å². The normalized spacial score (nSPS) is 10.8. The van der Waals surface area contributed by atoms with Crippen LogP contribution < -0.4 is 5.32 Å². The Labute approximate surface area is 164 Å². The molecule has 0 unspecified atom stereocenters.